The molecule has 12 nitrogen and oxygen atoms in total. The number of aliphatic hydroxyl groups excluding tert-OH is 1. The third kappa shape index (κ3) is 5.30. The molecule has 0 spiro atoms. The lowest BCUT2D eigenvalue weighted by molar-refractivity contribution is 0.0444. The average Bonchev–Trinajstić information content (AvgIpc) is 3.35. The fourth-order valence-electron chi connectivity index (χ4n) is 4.88. The Hall–Kier alpha value is -3.51. The van der Waals surface area contributed by atoms with Crippen molar-refractivity contribution < 1.29 is 24.1 Å². The van der Waals surface area contributed by atoms with Crippen LogP contribution >= 0.6 is 0 Å². The molecular formula is C25H33N7O5. The van der Waals surface area contributed by atoms with Gasteiger partial charge in [0, 0.05) is 38.4 Å². The maximum Gasteiger partial charge on any atom is 0.319 e. The fourth-order valence-corrected chi connectivity index (χ4v) is 4.88. The Bertz CT molecular complexity index is 1240. The maximum absolute atomic E-state index is 12.9. The first-order valence-electron chi connectivity index (χ1n) is 12.6. The molecule has 5 rings (SSSR count). The molecule has 1 aliphatic heterocycles. The van der Waals surface area contributed by atoms with Crippen LogP contribution in [0.3, 0.4) is 0 Å². The second-order valence-electron chi connectivity index (χ2n) is 9.61. The van der Waals surface area contributed by atoms with Crippen LogP contribution in [0.1, 0.15) is 54.7 Å². The molecule has 2 fully saturated rings. The van der Waals surface area contributed by atoms with Crippen molar-refractivity contribution in [1.82, 2.24) is 30.5 Å². The highest BCUT2D eigenvalue weighted by atomic mass is 16.5. The van der Waals surface area contributed by atoms with Crippen LogP contribution in [0.4, 0.5) is 5.82 Å². The van der Waals surface area contributed by atoms with E-state index in [2.05, 4.69) is 35.4 Å². The van der Waals surface area contributed by atoms with Crippen LogP contribution in [0.2, 0.25) is 0 Å². The number of nitrogens with one attached hydrogen (secondary N) is 2. The number of aromatic amines is 1. The van der Waals surface area contributed by atoms with E-state index in [1.54, 1.807) is 26.5 Å². The fraction of sp³-hybridized carbons (Fsp3) is 0.560. The molecule has 0 unspecified atom stereocenters. The lowest BCUT2D eigenvalue weighted by Crippen LogP contribution is -2.50. The molecule has 198 valence electrons. The summed E-state index contributed by atoms with van der Waals surface area (Å²) in [5, 5.41) is 21.2. The summed E-state index contributed by atoms with van der Waals surface area (Å²) >= 11 is 0. The van der Waals surface area contributed by atoms with Crippen molar-refractivity contribution in [2.24, 2.45) is 0 Å². The summed E-state index contributed by atoms with van der Waals surface area (Å²) in [5.41, 5.74) is 1.88. The Balaban J connectivity index is 1.34. The summed E-state index contributed by atoms with van der Waals surface area (Å²) in [6.07, 6.45) is 4.01. The van der Waals surface area contributed by atoms with E-state index in [1.807, 2.05) is 13.0 Å². The van der Waals surface area contributed by atoms with Crippen molar-refractivity contribution in [2.75, 3.05) is 38.8 Å². The van der Waals surface area contributed by atoms with Gasteiger partial charge in [0.1, 0.15) is 23.4 Å². The number of piperidine rings is 1. The number of ether oxygens (including phenoxy) is 3. The van der Waals surface area contributed by atoms with Crippen molar-refractivity contribution in [3.63, 3.8) is 0 Å². The number of hydrogen-bond acceptors (Lipinski definition) is 10. The highest BCUT2D eigenvalue weighted by Gasteiger charge is 2.32. The van der Waals surface area contributed by atoms with Crippen LogP contribution in [0.15, 0.2) is 18.3 Å². The number of pyridine rings is 1. The number of nitrogens with zero attached hydrogens (tertiary/aromatic N) is 5. The zero-order chi connectivity index (χ0) is 25.9. The number of carbonyl (C=O) groups is 1. The van der Waals surface area contributed by atoms with E-state index in [1.165, 1.54) is 0 Å². The minimum Gasteiger partial charge on any atom is -0.496 e. The molecule has 4 heterocycles. The number of H-pyrrole nitrogens is 1. The van der Waals surface area contributed by atoms with Gasteiger partial charge >= 0.3 is 6.01 Å². The number of rotatable bonds is 9. The summed E-state index contributed by atoms with van der Waals surface area (Å²) in [4.78, 5) is 28.4. The third-order valence-electron chi connectivity index (χ3n) is 7.06. The van der Waals surface area contributed by atoms with E-state index in [4.69, 9.17) is 14.2 Å². The van der Waals surface area contributed by atoms with Crippen LogP contribution in [-0.4, -0.2) is 88.3 Å². The summed E-state index contributed by atoms with van der Waals surface area (Å²) in [7, 11) is 3.24. The van der Waals surface area contributed by atoms with Gasteiger partial charge in [0.05, 0.1) is 36.9 Å². The Morgan fingerprint density at radius 3 is 2.73 bits per heavy atom. The van der Waals surface area contributed by atoms with E-state index >= 15 is 0 Å². The lowest BCUT2D eigenvalue weighted by Gasteiger charge is -2.33. The van der Waals surface area contributed by atoms with Gasteiger partial charge in [0.2, 0.25) is 0 Å². The Kier molecular flexibility index (Phi) is 7.38. The molecule has 12 heteroatoms. The summed E-state index contributed by atoms with van der Waals surface area (Å²) in [5.74, 6) is 1.25. The number of fused-ring (bicyclic) bond motifs is 1. The molecule has 0 radical (unpaired) electrons. The normalized spacial score (nSPS) is 20.9. The topological polar surface area (TPSA) is 148 Å². The van der Waals surface area contributed by atoms with Gasteiger partial charge in [-0.15, -0.1) is 0 Å². The second-order valence-corrected chi connectivity index (χ2v) is 9.61. The van der Waals surface area contributed by atoms with E-state index in [9.17, 15) is 9.90 Å². The smallest absolute Gasteiger partial charge is 0.319 e. The lowest BCUT2D eigenvalue weighted by atomic mass is 9.89. The minimum atomic E-state index is -0.520. The predicted molar refractivity (Wildman–Crippen MR) is 135 cm³/mol. The molecule has 1 amide bonds. The van der Waals surface area contributed by atoms with Gasteiger partial charge in [-0.1, -0.05) is 0 Å². The summed E-state index contributed by atoms with van der Waals surface area (Å²) in [6.45, 7) is 3.65. The van der Waals surface area contributed by atoms with Gasteiger partial charge in [-0.25, -0.2) is 4.98 Å². The molecule has 3 aromatic rings. The van der Waals surface area contributed by atoms with E-state index in [0.29, 0.717) is 37.6 Å². The van der Waals surface area contributed by atoms with Crippen molar-refractivity contribution >= 4 is 22.8 Å². The highest BCUT2D eigenvalue weighted by Crippen LogP contribution is 2.36. The van der Waals surface area contributed by atoms with Gasteiger partial charge in [0.25, 0.3) is 5.91 Å². The number of methoxy groups -OCH3 is 2. The minimum absolute atomic E-state index is 0.123. The standard InChI is InChI=1S/C25H33N7O5/c1-14(13-35-2)37-25-28-17(24(34)27-16-4-5-18(16)33)12-20(29-25)32-10-7-15(8-11-32)22-21-19(36-3)6-9-26-23(21)31-30-22/h6,9,12,14-16,18,33H,4-5,7-8,10-11,13H2,1-3H3,(H,27,34)(H,26,30,31)/t14-,16-,18-/m1/s1. The summed E-state index contributed by atoms with van der Waals surface area (Å²) < 4.78 is 16.6. The van der Waals surface area contributed by atoms with E-state index in [-0.39, 0.29) is 35.7 Å². The van der Waals surface area contributed by atoms with Gasteiger partial charge in [0.15, 0.2) is 5.65 Å². The Labute approximate surface area is 214 Å². The zero-order valence-corrected chi connectivity index (χ0v) is 21.3. The Morgan fingerprint density at radius 1 is 1.24 bits per heavy atom. The van der Waals surface area contributed by atoms with Gasteiger partial charge in [-0.3, -0.25) is 9.89 Å². The molecule has 1 saturated carbocycles. The number of anilines is 1. The van der Waals surface area contributed by atoms with Crippen LogP contribution < -0.4 is 19.7 Å². The quantitative estimate of drug-likeness (QED) is 0.388. The SMILES string of the molecule is COC[C@@H](C)Oc1nc(C(=O)N[C@@H]2CC[C@H]2O)cc(N2CCC(c3n[nH]c4nccc(OC)c34)CC2)n1. The van der Waals surface area contributed by atoms with Crippen LogP contribution in [0, 0.1) is 0 Å². The molecule has 3 aromatic heterocycles. The van der Waals surface area contributed by atoms with Gasteiger partial charge < -0.3 is 29.5 Å². The molecule has 1 aliphatic carbocycles. The molecule has 0 bridgehead atoms. The number of amides is 1. The zero-order valence-electron chi connectivity index (χ0n) is 21.3. The summed E-state index contributed by atoms with van der Waals surface area (Å²) in [6, 6.07) is 3.40. The number of aromatic nitrogens is 5. The molecule has 3 atom stereocenters. The first-order valence-corrected chi connectivity index (χ1v) is 12.6. The first-order chi connectivity index (χ1) is 18.0. The molecule has 2 aliphatic rings. The van der Waals surface area contributed by atoms with Crippen molar-refractivity contribution in [2.45, 2.75) is 56.8 Å². The van der Waals surface area contributed by atoms with Crippen molar-refractivity contribution in [3.05, 3.63) is 29.7 Å². The average molecular weight is 512 g/mol. The molecule has 0 aromatic carbocycles. The highest BCUT2D eigenvalue weighted by molar-refractivity contribution is 5.93. The predicted octanol–water partition coefficient (Wildman–Crippen LogP) is 1.81. The van der Waals surface area contributed by atoms with Crippen molar-refractivity contribution in [1.29, 1.82) is 0 Å². The van der Waals surface area contributed by atoms with Gasteiger partial charge in [-0.05, 0) is 38.7 Å². The van der Waals surface area contributed by atoms with E-state index in [0.717, 1.165) is 36.1 Å². The largest absolute Gasteiger partial charge is 0.496 e. The van der Waals surface area contributed by atoms with Gasteiger partial charge in [-0.2, -0.15) is 15.1 Å². The third-order valence-corrected chi connectivity index (χ3v) is 7.06. The maximum atomic E-state index is 12.9. The molecule has 3 N–H and O–H groups in total. The Morgan fingerprint density at radius 2 is 2.05 bits per heavy atom. The number of hydrogen-bond donors (Lipinski definition) is 3. The van der Waals surface area contributed by atoms with Crippen LogP contribution in [0.25, 0.3) is 11.0 Å². The van der Waals surface area contributed by atoms with Crippen LogP contribution in [0.5, 0.6) is 11.8 Å². The number of carbonyl (C=O) groups excluding carboxylic acids is 1. The number of aliphatic hydroxyl groups is 1. The first kappa shape index (κ1) is 25.2. The second kappa shape index (κ2) is 10.9. The van der Waals surface area contributed by atoms with Crippen LogP contribution in [-0.2, 0) is 4.74 Å². The monoisotopic (exact) mass is 511 g/mol. The molecular weight excluding hydrogens is 478 g/mol. The van der Waals surface area contributed by atoms with E-state index < -0.39 is 6.10 Å². The van der Waals surface area contributed by atoms with Crippen molar-refractivity contribution in [3.8, 4) is 11.8 Å². The molecule has 37 heavy (non-hydrogen) atoms. The molecule has 1 saturated heterocycles.